The van der Waals surface area contributed by atoms with Gasteiger partial charge in [0.25, 0.3) is 0 Å². The minimum absolute atomic E-state index is 0.200. The van der Waals surface area contributed by atoms with E-state index in [0.717, 1.165) is 30.3 Å². The zero-order chi connectivity index (χ0) is 15.8. The molecule has 0 radical (unpaired) electrons. The lowest BCUT2D eigenvalue weighted by atomic mass is 9.53. The molecule has 2 N–H and O–H groups in total. The van der Waals surface area contributed by atoms with Crippen LogP contribution >= 0.6 is 11.6 Å². The van der Waals surface area contributed by atoms with Crippen molar-refractivity contribution in [3.63, 3.8) is 0 Å². The van der Waals surface area contributed by atoms with Crippen LogP contribution in [0, 0.1) is 17.2 Å². The van der Waals surface area contributed by atoms with Gasteiger partial charge in [-0.05, 0) is 72.9 Å². The van der Waals surface area contributed by atoms with Crippen LogP contribution in [0.5, 0.6) is 5.75 Å². The number of aromatic hydroxyl groups is 1. The molecule has 0 aliphatic heterocycles. The van der Waals surface area contributed by atoms with Crippen molar-refractivity contribution in [2.24, 2.45) is 5.92 Å². The molecule has 1 aromatic rings. The summed E-state index contributed by atoms with van der Waals surface area (Å²) in [5, 5.41) is 22.6. The van der Waals surface area contributed by atoms with Gasteiger partial charge in [-0.15, -0.1) is 0 Å². The van der Waals surface area contributed by atoms with E-state index in [4.69, 9.17) is 11.6 Å². The molecule has 3 nitrogen and oxygen atoms in total. The number of phenols is 1. The Balaban J connectivity index is 2.04. The molecule has 116 valence electrons. The topological polar surface area (TPSA) is 57.5 Å². The number of carbonyl (C=O) groups is 1. The number of hydrogen-bond acceptors (Lipinski definition) is 3. The Hall–Kier alpha value is -1.50. The summed E-state index contributed by atoms with van der Waals surface area (Å²) < 4.78 is 0. The first kappa shape index (κ1) is 15.4. The molecular formula is C18H19ClO3. The first-order valence-electron chi connectivity index (χ1n) is 7.64. The first-order chi connectivity index (χ1) is 10.5. The van der Waals surface area contributed by atoms with Crippen molar-refractivity contribution < 1.29 is 15.0 Å². The molecule has 3 unspecified atom stereocenters. The van der Waals surface area contributed by atoms with E-state index in [2.05, 4.69) is 11.3 Å². The predicted octanol–water partition coefficient (Wildman–Crippen LogP) is 2.90. The first-order valence-corrected chi connectivity index (χ1v) is 8.02. The van der Waals surface area contributed by atoms with Crippen LogP contribution in [0.2, 0.25) is 0 Å². The number of benzene rings is 1. The number of hydrogen-bond donors (Lipinski definition) is 2. The average Bonchev–Trinajstić information content (AvgIpc) is 2.48. The van der Waals surface area contributed by atoms with Crippen LogP contribution in [-0.4, -0.2) is 22.1 Å². The maximum Gasteiger partial charge on any atom is 0.127 e. The summed E-state index contributed by atoms with van der Waals surface area (Å²) in [4.78, 5) is 11.3. The summed E-state index contributed by atoms with van der Waals surface area (Å²) in [7, 11) is 0. The number of aliphatic hydroxyl groups is 1. The van der Waals surface area contributed by atoms with Gasteiger partial charge < -0.3 is 15.0 Å². The molecule has 0 bridgehead atoms. The molecule has 0 amide bonds. The van der Waals surface area contributed by atoms with Crippen molar-refractivity contribution >= 4 is 17.9 Å². The second-order valence-electron chi connectivity index (χ2n) is 6.56. The van der Waals surface area contributed by atoms with Gasteiger partial charge in [0.15, 0.2) is 0 Å². The van der Waals surface area contributed by atoms with Crippen LogP contribution in [0.3, 0.4) is 0 Å². The van der Waals surface area contributed by atoms with Gasteiger partial charge >= 0.3 is 0 Å². The van der Waals surface area contributed by atoms with Crippen molar-refractivity contribution in [3.8, 4) is 17.0 Å². The quantitative estimate of drug-likeness (QED) is 0.651. The third-order valence-corrected chi connectivity index (χ3v) is 5.56. The second kappa shape index (κ2) is 5.61. The molecule has 22 heavy (non-hydrogen) atoms. The number of carbonyl (C=O) groups excluding carboxylic acids is 1. The van der Waals surface area contributed by atoms with Crippen LogP contribution in [-0.2, 0) is 16.6 Å². The van der Waals surface area contributed by atoms with Crippen LogP contribution < -0.4 is 0 Å². The molecule has 1 fully saturated rings. The summed E-state index contributed by atoms with van der Waals surface area (Å²) in [5.41, 5.74) is 0.970. The molecule has 0 saturated heterocycles. The van der Waals surface area contributed by atoms with Gasteiger partial charge in [0.05, 0.1) is 0 Å². The van der Waals surface area contributed by atoms with Gasteiger partial charge in [-0.25, -0.2) is 0 Å². The second-order valence-corrected chi connectivity index (χ2v) is 6.75. The number of fused-ring (bicyclic) bond motifs is 3. The molecule has 0 heterocycles. The van der Waals surface area contributed by atoms with Crippen LogP contribution in [0.4, 0.5) is 0 Å². The zero-order valence-electron chi connectivity index (χ0n) is 12.3. The van der Waals surface area contributed by atoms with Gasteiger partial charge in [-0.2, -0.15) is 0 Å². The van der Waals surface area contributed by atoms with Gasteiger partial charge in [0, 0.05) is 17.2 Å². The Kier molecular flexibility index (Phi) is 3.92. The van der Waals surface area contributed by atoms with E-state index in [1.807, 2.05) is 6.07 Å². The predicted molar refractivity (Wildman–Crippen MR) is 84.7 cm³/mol. The Bertz CT molecular complexity index is 660. The minimum Gasteiger partial charge on any atom is -0.508 e. The summed E-state index contributed by atoms with van der Waals surface area (Å²) in [5.74, 6) is 3.19. The van der Waals surface area contributed by atoms with Crippen LogP contribution in [0.15, 0.2) is 18.2 Å². The third-order valence-electron chi connectivity index (χ3n) is 5.47. The number of phenolic OH excluding ortho intramolecular Hbond substituents is 1. The highest BCUT2D eigenvalue weighted by Gasteiger charge is 2.51. The van der Waals surface area contributed by atoms with Gasteiger partial charge in [-0.1, -0.05) is 12.0 Å². The largest absolute Gasteiger partial charge is 0.508 e. The third kappa shape index (κ3) is 2.41. The Labute approximate surface area is 135 Å². The Morgan fingerprint density at radius 1 is 1.41 bits per heavy atom. The highest BCUT2D eigenvalue weighted by Crippen LogP contribution is 2.54. The van der Waals surface area contributed by atoms with Crippen molar-refractivity contribution in [2.45, 2.75) is 49.5 Å². The number of aryl methyl sites for hydroxylation is 1. The number of rotatable bonds is 2. The molecule has 1 aromatic carbocycles. The van der Waals surface area contributed by atoms with Crippen molar-refractivity contribution in [1.82, 2.24) is 0 Å². The lowest BCUT2D eigenvalue weighted by Crippen LogP contribution is -2.49. The molecule has 0 spiro atoms. The molecule has 4 heteroatoms. The standard InChI is InChI=1S/C18H19ClO3/c19-9-7-17(22)5-6-18(8-10-20)14(12-17)2-1-13-11-15(21)3-4-16(13)18/h3-4,10-11,14,21-22H,1-2,5-6,8,12H2. The van der Waals surface area contributed by atoms with E-state index in [9.17, 15) is 15.0 Å². The zero-order valence-corrected chi connectivity index (χ0v) is 13.1. The summed E-state index contributed by atoms with van der Waals surface area (Å²) in [6.45, 7) is 0. The SMILES string of the molecule is O=CCC12CCC(O)(C#CCl)CC1CCc1cc(O)ccc12. The molecule has 0 aromatic heterocycles. The van der Waals surface area contributed by atoms with E-state index in [0.29, 0.717) is 25.7 Å². The smallest absolute Gasteiger partial charge is 0.127 e. The van der Waals surface area contributed by atoms with E-state index in [-0.39, 0.29) is 17.1 Å². The highest BCUT2D eigenvalue weighted by atomic mass is 35.5. The summed E-state index contributed by atoms with van der Waals surface area (Å²) in [6.07, 6.45) is 4.91. The minimum atomic E-state index is -1.05. The van der Waals surface area contributed by atoms with Crippen LogP contribution in [0.1, 0.15) is 43.2 Å². The molecule has 2 aliphatic carbocycles. The Morgan fingerprint density at radius 2 is 2.23 bits per heavy atom. The molecular weight excluding hydrogens is 300 g/mol. The fourth-order valence-corrected chi connectivity index (χ4v) is 4.58. The monoisotopic (exact) mass is 318 g/mol. The lowest BCUT2D eigenvalue weighted by molar-refractivity contribution is -0.111. The molecule has 1 saturated carbocycles. The molecule has 3 rings (SSSR count). The van der Waals surface area contributed by atoms with Crippen molar-refractivity contribution in [1.29, 1.82) is 0 Å². The molecule has 2 aliphatic rings. The summed E-state index contributed by atoms with van der Waals surface area (Å²) in [6, 6.07) is 5.43. The van der Waals surface area contributed by atoms with Crippen molar-refractivity contribution in [2.75, 3.05) is 0 Å². The van der Waals surface area contributed by atoms with E-state index in [1.165, 1.54) is 0 Å². The maximum atomic E-state index is 11.3. The Morgan fingerprint density at radius 3 is 2.95 bits per heavy atom. The maximum absolute atomic E-state index is 11.3. The van der Waals surface area contributed by atoms with Gasteiger partial charge in [-0.3, -0.25) is 0 Å². The average molecular weight is 319 g/mol. The normalized spacial score (nSPS) is 33.1. The fraction of sp³-hybridized carbons (Fsp3) is 0.500. The fourth-order valence-electron chi connectivity index (χ4n) is 4.40. The molecule has 3 atom stereocenters. The highest BCUT2D eigenvalue weighted by molar-refractivity contribution is 6.30. The van der Waals surface area contributed by atoms with E-state index >= 15 is 0 Å². The van der Waals surface area contributed by atoms with Gasteiger partial charge in [0.2, 0.25) is 0 Å². The number of halogens is 1. The number of aldehydes is 1. The van der Waals surface area contributed by atoms with E-state index < -0.39 is 5.60 Å². The van der Waals surface area contributed by atoms with E-state index in [1.54, 1.807) is 12.1 Å². The lowest BCUT2D eigenvalue weighted by Gasteiger charge is -2.51. The van der Waals surface area contributed by atoms with Crippen molar-refractivity contribution in [3.05, 3.63) is 29.3 Å². The van der Waals surface area contributed by atoms with Gasteiger partial charge in [0.1, 0.15) is 17.6 Å². The summed E-state index contributed by atoms with van der Waals surface area (Å²) >= 11 is 5.49. The van der Waals surface area contributed by atoms with Crippen LogP contribution in [0.25, 0.3) is 0 Å².